The van der Waals surface area contributed by atoms with E-state index in [9.17, 15) is 0 Å². The Morgan fingerprint density at radius 2 is 1.70 bits per heavy atom. The number of rotatable bonds is 4. The number of benzene rings is 1. The lowest BCUT2D eigenvalue weighted by Gasteiger charge is -2.21. The predicted octanol–water partition coefficient (Wildman–Crippen LogP) is 5.45. The van der Waals surface area contributed by atoms with Crippen molar-refractivity contribution in [2.24, 2.45) is 0 Å². The number of nitrogens with zero attached hydrogens (tertiary/aromatic N) is 1. The molecule has 0 saturated heterocycles. The minimum absolute atomic E-state index is 0.0364. The highest BCUT2D eigenvalue weighted by atomic mass is 35.5. The van der Waals surface area contributed by atoms with Crippen molar-refractivity contribution in [2.45, 2.75) is 25.9 Å². The molecule has 0 amide bonds. The fourth-order valence-corrected chi connectivity index (χ4v) is 2.76. The Morgan fingerprint density at radius 1 is 0.950 bits per heavy atom. The summed E-state index contributed by atoms with van der Waals surface area (Å²) in [4.78, 5) is 4.34. The molecule has 0 fully saturated rings. The van der Waals surface area contributed by atoms with Crippen LogP contribution in [-0.4, -0.2) is 4.98 Å². The second-order valence-electron chi connectivity index (χ2n) is 4.63. The topological polar surface area (TPSA) is 24.9 Å². The molecule has 106 valence electrons. The van der Waals surface area contributed by atoms with E-state index in [2.05, 4.69) is 17.2 Å². The van der Waals surface area contributed by atoms with Gasteiger partial charge in [0, 0.05) is 18.3 Å². The summed E-state index contributed by atoms with van der Waals surface area (Å²) >= 11 is 18.3. The summed E-state index contributed by atoms with van der Waals surface area (Å²) in [5, 5.41) is 4.80. The van der Waals surface area contributed by atoms with Crippen LogP contribution in [0.25, 0.3) is 0 Å². The fraction of sp³-hybridized carbons (Fsp3) is 0.267. The summed E-state index contributed by atoms with van der Waals surface area (Å²) in [6.07, 6.45) is 1.78. The van der Waals surface area contributed by atoms with Crippen LogP contribution in [0.3, 0.4) is 0 Å². The van der Waals surface area contributed by atoms with Crippen LogP contribution >= 0.6 is 34.8 Å². The minimum Gasteiger partial charge on any atom is -0.302 e. The van der Waals surface area contributed by atoms with Crippen molar-refractivity contribution in [2.75, 3.05) is 0 Å². The van der Waals surface area contributed by atoms with Crippen molar-refractivity contribution >= 4 is 34.8 Å². The molecule has 0 aliphatic rings. The maximum absolute atomic E-state index is 6.25. The Hall–Kier alpha value is -0.800. The maximum atomic E-state index is 6.25. The maximum Gasteiger partial charge on any atom is 0.0781 e. The van der Waals surface area contributed by atoms with Gasteiger partial charge in [-0.15, -0.1) is 0 Å². The van der Waals surface area contributed by atoms with Crippen molar-refractivity contribution in [3.63, 3.8) is 0 Å². The van der Waals surface area contributed by atoms with E-state index >= 15 is 0 Å². The predicted molar refractivity (Wildman–Crippen MR) is 85.7 cm³/mol. The lowest BCUT2D eigenvalue weighted by molar-refractivity contribution is 0.486. The second-order valence-corrected chi connectivity index (χ2v) is 5.79. The standard InChI is InChI=1S/C15H15Cl3N2/c1-9(11-6-7-12(16)15(18)14(11)17)20-10(2)13-5-3-4-8-19-13/h3-10,20H,1-2H3. The van der Waals surface area contributed by atoms with E-state index in [1.165, 1.54) is 0 Å². The highest BCUT2D eigenvalue weighted by Crippen LogP contribution is 2.35. The van der Waals surface area contributed by atoms with E-state index in [1.807, 2.05) is 31.2 Å². The van der Waals surface area contributed by atoms with Gasteiger partial charge < -0.3 is 5.32 Å². The summed E-state index contributed by atoms with van der Waals surface area (Å²) in [6.45, 7) is 4.09. The molecular formula is C15H15Cl3N2. The molecule has 20 heavy (non-hydrogen) atoms. The Kier molecular flexibility index (Phi) is 5.28. The van der Waals surface area contributed by atoms with Gasteiger partial charge in [0.2, 0.25) is 0 Å². The number of nitrogens with one attached hydrogen (secondary N) is 1. The Morgan fingerprint density at radius 3 is 2.35 bits per heavy atom. The molecule has 0 aliphatic carbocycles. The van der Waals surface area contributed by atoms with Crippen molar-refractivity contribution in [1.29, 1.82) is 0 Å². The van der Waals surface area contributed by atoms with Crippen molar-refractivity contribution in [1.82, 2.24) is 10.3 Å². The Bertz CT molecular complexity index is 587. The smallest absolute Gasteiger partial charge is 0.0781 e. The molecule has 0 bridgehead atoms. The van der Waals surface area contributed by atoms with E-state index < -0.39 is 0 Å². The zero-order chi connectivity index (χ0) is 14.7. The lowest BCUT2D eigenvalue weighted by Crippen LogP contribution is -2.23. The van der Waals surface area contributed by atoms with Gasteiger partial charge in [-0.05, 0) is 37.6 Å². The van der Waals surface area contributed by atoms with Crippen LogP contribution in [0, 0.1) is 0 Å². The molecular weight excluding hydrogens is 315 g/mol. The van der Waals surface area contributed by atoms with E-state index in [0.29, 0.717) is 15.1 Å². The number of hydrogen-bond acceptors (Lipinski definition) is 2. The molecule has 2 atom stereocenters. The largest absolute Gasteiger partial charge is 0.302 e. The summed E-state index contributed by atoms with van der Waals surface area (Å²) in [5.41, 5.74) is 1.90. The van der Waals surface area contributed by atoms with Crippen LogP contribution in [0.1, 0.15) is 37.2 Å². The van der Waals surface area contributed by atoms with Gasteiger partial charge in [-0.3, -0.25) is 4.98 Å². The molecule has 0 spiro atoms. The summed E-state index contributed by atoms with van der Waals surface area (Å²) in [7, 11) is 0. The van der Waals surface area contributed by atoms with Crippen LogP contribution in [0.15, 0.2) is 36.5 Å². The van der Waals surface area contributed by atoms with Crippen LogP contribution in [0.4, 0.5) is 0 Å². The van der Waals surface area contributed by atoms with E-state index in [0.717, 1.165) is 11.3 Å². The van der Waals surface area contributed by atoms with Crippen LogP contribution in [0.5, 0.6) is 0 Å². The highest BCUT2D eigenvalue weighted by molar-refractivity contribution is 6.48. The lowest BCUT2D eigenvalue weighted by atomic mass is 10.1. The zero-order valence-corrected chi connectivity index (χ0v) is 13.5. The molecule has 2 unspecified atom stereocenters. The van der Waals surface area contributed by atoms with Crippen molar-refractivity contribution in [3.05, 3.63) is 62.9 Å². The molecule has 1 aromatic heterocycles. The minimum atomic E-state index is 0.0364. The molecule has 0 radical (unpaired) electrons. The van der Waals surface area contributed by atoms with Crippen molar-refractivity contribution in [3.8, 4) is 0 Å². The molecule has 5 heteroatoms. The van der Waals surface area contributed by atoms with Gasteiger partial charge in [0.05, 0.1) is 20.8 Å². The third kappa shape index (κ3) is 3.44. The number of halogens is 3. The number of hydrogen-bond donors (Lipinski definition) is 1. The Labute approximate surface area is 134 Å². The molecule has 1 heterocycles. The first-order valence-corrected chi connectivity index (χ1v) is 7.44. The number of pyridine rings is 1. The van der Waals surface area contributed by atoms with Gasteiger partial charge >= 0.3 is 0 Å². The van der Waals surface area contributed by atoms with E-state index in [1.54, 1.807) is 12.3 Å². The van der Waals surface area contributed by atoms with Gasteiger partial charge in [-0.2, -0.15) is 0 Å². The Balaban J connectivity index is 2.17. The SMILES string of the molecule is CC(NC(C)c1ccc(Cl)c(Cl)c1Cl)c1ccccn1. The third-order valence-corrected chi connectivity index (χ3v) is 4.47. The summed E-state index contributed by atoms with van der Waals surface area (Å²) in [5.74, 6) is 0. The van der Waals surface area contributed by atoms with Gasteiger partial charge in [0.25, 0.3) is 0 Å². The van der Waals surface area contributed by atoms with E-state index in [4.69, 9.17) is 34.8 Å². The third-order valence-electron chi connectivity index (χ3n) is 3.16. The highest BCUT2D eigenvalue weighted by Gasteiger charge is 2.17. The van der Waals surface area contributed by atoms with Crippen LogP contribution < -0.4 is 5.32 Å². The first-order chi connectivity index (χ1) is 9.50. The molecule has 0 saturated carbocycles. The van der Waals surface area contributed by atoms with Crippen LogP contribution in [0.2, 0.25) is 15.1 Å². The second kappa shape index (κ2) is 6.77. The zero-order valence-electron chi connectivity index (χ0n) is 11.2. The average Bonchev–Trinajstić information content (AvgIpc) is 2.45. The summed E-state index contributed by atoms with van der Waals surface area (Å²) in [6, 6.07) is 9.65. The summed E-state index contributed by atoms with van der Waals surface area (Å²) < 4.78 is 0. The first-order valence-electron chi connectivity index (χ1n) is 6.31. The monoisotopic (exact) mass is 328 g/mol. The molecule has 1 aromatic carbocycles. The van der Waals surface area contributed by atoms with Crippen molar-refractivity contribution < 1.29 is 0 Å². The number of aromatic nitrogens is 1. The normalized spacial score (nSPS) is 14.1. The van der Waals surface area contributed by atoms with Gasteiger partial charge in [-0.25, -0.2) is 0 Å². The molecule has 0 aliphatic heterocycles. The fourth-order valence-electron chi connectivity index (χ4n) is 2.06. The average molecular weight is 330 g/mol. The molecule has 2 aromatic rings. The molecule has 2 rings (SSSR count). The van der Waals surface area contributed by atoms with Gasteiger partial charge in [0.1, 0.15) is 0 Å². The molecule has 2 nitrogen and oxygen atoms in total. The molecule has 1 N–H and O–H groups in total. The van der Waals surface area contributed by atoms with Gasteiger partial charge in [-0.1, -0.05) is 46.9 Å². The quantitative estimate of drug-likeness (QED) is 0.754. The first kappa shape index (κ1) is 15.6. The van der Waals surface area contributed by atoms with Crippen LogP contribution in [-0.2, 0) is 0 Å². The van der Waals surface area contributed by atoms with Gasteiger partial charge in [0.15, 0.2) is 0 Å². The van der Waals surface area contributed by atoms with E-state index in [-0.39, 0.29) is 12.1 Å².